The number of hydroxylamine groups is 1. The summed E-state index contributed by atoms with van der Waals surface area (Å²) in [4.78, 5) is 29.8. The molecule has 0 saturated heterocycles. The van der Waals surface area contributed by atoms with Crippen molar-refractivity contribution in [3.8, 4) is 28.4 Å². The van der Waals surface area contributed by atoms with Crippen LogP contribution in [0.3, 0.4) is 0 Å². The highest BCUT2D eigenvalue weighted by atomic mass is 19.1. The zero-order valence-corrected chi connectivity index (χ0v) is 19.7. The summed E-state index contributed by atoms with van der Waals surface area (Å²) in [6.45, 7) is 3.74. The smallest absolute Gasteiger partial charge is 0.332 e. The molecule has 2 aromatic carbocycles. The number of aromatic nitrogens is 2. The average molecular weight is 470 g/mol. The minimum absolute atomic E-state index is 0.0358. The van der Waals surface area contributed by atoms with Gasteiger partial charge in [-0.3, -0.25) is 4.79 Å². The summed E-state index contributed by atoms with van der Waals surface area (Å²) >= 11 is 0. The number of carbonyl (C=O) groups excluding carboxylic acids is 2. The third-order valence-corrected chi connectivity index (χ3v) is 5.32. The Hall–Kier alpha value is -3.88. The van der Waals surface area contributed by atoms with Gasteiger partial charge in [0.2, 0.25) is 0 Å². The number of benzene rings is 2. The number of methoxy groups -OCH3 is 2. The molecule has 1 heterocycles. The molecule has 0 radical (unpaired) electrons. The molecule has 0 atom stereocenters. The lowest BCUT2D eigenvalue weighted by atomic mass is 10.0. The number of rotatable bonds is 9. The van der Waals surface area contributed by atoms with E-state index < -0.39 is 17.7 Å². The summed E-state index contributed by atoms with van der Waals surface area (Å²) in [5, 5.41) is 4.47. The normalized spacial score (nSPS) is 10.6. The van der Waals surface area contributed by atoms with E-state index in [1.54, 1.807) is 37.3 Å². The van der Waals surface area contributed by atoms with Crippen LogP contribution in [0.15, 0.2) is 42.5 Å². The van der Waals surface area contributed by atoms with E-state index in [-0.39, 0.29) is 12.1 Å². The van der Waals surface area contributed by atoms with Crippen LogP contribution in [0.25, 0.3) is 16.9 Å². The molecule has 180 valence electrons. The second kappa shape index (κ2) is 11.3. The predicted octanol–water partition coefficient (Wildman–Crippen LogP) is 4.77. The zero-order valence-electron chi connectivity index (χ0n) is 19.7. The SMILES string of the molecule is CCCCCC(=O)ONC(=O)c1nn(-c2ccc(F)cc2)c(-c2c(OC)cccc2OC)c1C. The second-order valence-corrected chi connectivity index (χ2v) is 7.61. The van der Waals surface area contributed by atoms with E-state index >= 15 is 0 Å². The Morgan fingerprint density at radius 2 is 1.68 bits per heavy atom. The molecule has 0 saturated carbocycles. The highest BCUT2D eigenvalue weighted by Gasteiger charge is 2.27. The molecular weight excluding hydrogens is 441 g/mol. The Kier molecular flexibility index (Phi) is 8.24. The van der Waals surface area contributed by atoms with Gasteiger partial charge in [0, 0.05) is 12.0 Å². The fraction of sp³-hybridized carbons (Fsp3) is 0.320. The minimum atomic E-state index is -0.683. The number of amides is 1. The first-order valence-corrected chi connectivity index (χ1v) is 11.0. The van der Waals surface area contributed by atoms with E-state index in [0.717, 1.165) is 12.8 Å². The average Bonchev–Trinajstić information content (AvgIpc) is 3.19. The summed E-state index contributed by atoms with van der Waals surface area (Å²) in [7, 11) is 3.05. The van der Waals surface area contributed by atoms with E-state index in [1.807, 2.05) is 6.92 Å². The van der Waals surface area contributed by atoms with E-state index in [4.69, 9.17) is 14.3 Å². The maximum absolute atomic E-state index is 13.6. The molecule has 1 amide bonds. The Morgan fingerprint density at radius 3 is 2.26 bits per heavy atom. The highest BCUT2D eigenvalue weighted by molar-refractivity contribution is 5.96. The number of ether oxygens (including phenoxy) is 2. The lowest BCUT2D eigenvalue weighted by Gasteiger charge is -2.15. The quantitative estimate of drug-likeness (QED) is 0.359. The summed E-state index contributed by atoms with van der Waals surface area (Å²) in [6.07, 6.45) is 2.76. The van der Waals surface area contributed by atoms with Crippen LogP contribution in [0.4, 0.5) is 4.39 Å². The molecule has 0 unspecified atom stereocenters. The molecule has 8 nitrogen and oxygen atoms in total. The van der Waals surface area contributed by atoms with Crippen LogP contribution in [-0.4, -0.2) is 35.9 Å². The lowest BCUT2D eigenvalue weighted by molar-refractivity contribution is -0.149. The van der Waals surface area contributed by atoms with Crippen molar-refractivity contribution in [3.63, 3.8) is 0 Å². The van der Waals surface area contributed by atoms with Gasteiger partial charge in [0.25, 0.3) is 0 Å². The summed E-state index contributed by atoms with van der Waals surface area (Å²) in [5.74, 6) is -0.613. The Labute approximate surface area is 197 Å². The first kappa shape index (κ1) is 24.8. The monoisotopic (exact) mass is 469 g/mol. The Bertz CT molecular complexity index is 1140. The van der Waals surface area contributed by atoms with Gasteiger partial charge in [-0.25, -0.2) is 13.9 Å². The summed E-state index contributed by atoms with van der Waals surface area (Å²) in [5.41, 5.74) is 4.32. The standard InChI is InChI=1S/C25H28FN3O5/c1-5-6-7-11-21(30)34-28-25(31)23-16(2)24(22-19(32-3)9-8-10-20(22)33-4)29(27-23)18-14-12-17(26)13-15-18/h8-10,12-15H,5-7,11H2,1-4H3,(H,28,31). The molecular formula is C25H28FN3O5. The topological polar surface area (TPSA) is 91.7 Å². The number of hydrogen-bond donors (Lipinski definition) is 1. The molecule has 3 rings (SSSR count). The molecule has 3 aromatic rings. The Balaban J connectivity index is 2.05. The van der Waals surface area contributed by atoms with Crippen molar-refractivity contribution in [2.75, 3.05) is 14.2 Å². The van der Waals surface area contributed by atoms with Gasteiger partial charge < -0.3 is 14.3 Å². The van der Waals surface area contributed by atoms with Gasteiger partial charge in [-0.15, -0.1) is 0 Å². The molecule has 0 spiro atoms. The largest absolute Gasteiger partial charge is 0.496 e. The van der Waals surface area contributed by atoms with Gasteiger partial charge in [-0.1, -0.05) is 25.8 Å². The highest BCUT2D eigenvalue weighted by Crippen LogP contribution is 2.41. The predicted molar refractivity (Wildman–Crippen MR) is 124 cm³/mol. The van der Waals surface area contributed by atoms with Crippen LogP contribution in [-0.2, 0) is 9.63 Å². The number of nitrogens with zero attached hydrogens (tertiary/aromatic N) is 2. The molecule has 1 aromatic heterocycles. The maximum Gasteiger partial charge on any atom is 0.332 e. The van der Waals surface area contributed by atoms with Gasteiger partial charge in [0.1, 0.15) is 17.3 Å². The minimum Gasteiger partial charge on any atom is -0.496 e. The lowest BCUT2D eigenvalue weighted by Crippen LogP contribution is -2.28. The van der Waals surface area contributed by atoms with Gasteiger partial charge in [0.05, 0.1) is 31.2 Å². The van der Waals surface area contributed by atoms with Gasteiger partial charge in [0.15, 0.2) is 5.69 Å². The number of nitrogens with one attached hydrogen (secondary N) is 1. The number of unbranched alkanes of at least 4 members (excludes halogenated alkanes) is 2. The van der Waals surface area contributed by atoms with E-state index in [2.05, 4.69) is 10.6 Å². The molecule has 0 fully saturated rings. The summed E-state index contributed by atoms with van der Waals surface area (Å²) in [6, 6.07) is 11.0. The van der Waals surface area contributed by atoms with E-state index in [1.165, 1.54) is 31.0 Å². The van der Waals surface area contributed by atoms with Crippen molar-refractivity contribution < 1.29 is 28.3 Å². The fourth-order valence-corrected chi connectivity index (χ4v) is 3.58. The fourth-order valence-electron chi connectivity index (χ4n) is 3.58. The van der Waals surface area contributed by atoms with Crippen molar-refractivity contribution in [1.82, 2.24) is 15.3 Å². The number of halogens is 1. The zero-order chi connectivity index (χ0) is 24.7. The second-order valence-electron chi connectivity index (χ2n) is 7.61. The van der Waals surface area contributed by atoms with Crippen LogP contribution in [0.2, 0.25) is 0 Å². The van der Waals surface area contributed by atoms with Crippen LogP contribution in [0, 0.1) is 12.7 Å². The molecule has 0 aliphatic heterocycles. The van der Waals surface area contributed by atoms with E-state index in [0.29, 0.717) is 40.4 Å². The van der Waals surface area contributed by atoms with Gasteiger partial charge in [-0.2, -0.15) is 10.6 Å². The summed E-state index contributed by atoms with van der Waals surface area (Å²) < 4.78 is 26.2. The van der Waals surface area contributed by atoms with Crippen molar-refractivity contribution in [2.24, 2.45) is 0 Å². The molecule has 1 N–H and O–H groups in total. The number of carbonyl (C=O) groups is 2. The molecule has 9 heteroatoms. The number of hydrogen-bond acceptors (Lipinski definition) is 6. The molecule has 0 bridgehead atoms. The van der Waals surface area contributed by atoms with Crippen molar-refractivity contribution in [3.05, 3.63) is 59.5 Å². The molecule has 0 aliphatic carbocycles. The van der Waals surface area contributed by atoms with Crippen LogP contribution in [0.1, 0.15) is 48.7 Å². The van der Waals surface area contributed by atoms with Crippen LogP contribution in [0.5, 0.6) is 11.5 Å². The first-order chi connectivity index (χ1) is 16.4. The van der Waals surface area contributed by atoms with Crippen molar-refractivity contribution in [2.45, 2.75) is 39.5 Å². The molecule has 0 aliphatic rings. The third-order valence-electron chi connectivity index (χ3n) is 5.32. The van der Waals surface area contributed by atoms with Gasteiger partial charge in [-0.05, 0) is 49.7 Å². The first-order valence-electron chi connectivity index (χ1n) is 11.0. The van der Waals surface area contributed by atoms with Crippen molar-refractivity contribution in [1.29, 1.82) is 0 Å². The third kappa shape index (κ3) is 5.36. The Morgan fingerprint density at radius 1 is 1.03 bits per heavy atom. The molecule has 34 heavy (non-hydrogen) atoms. The maximum atomic E-state index is 13.6. The van der Waals surface area contributed by atoms with Gasteiger partial charge >= 0.3 is 11.9 Å². The van der Waals surface area contributed by atoms with E-state index in [9.17, 15) is 14.0 Å². The van der Waals surface area contributed by atoms with Crippen molar-refractivity contribution >= 4 is 11.9 Å². The van der Waals surface area contributed by atoms with Crippen LogP contribution < -0.4 is 15.0 Å². The van der Waals surface area contributed by atoms with Crippen LogP contribution >= 0.6 is 0 Å².